The highest BCUT2D eigenvalue weighted by Crippen LogP contribution is 2.66. The monoisotopic (exact) mass is 308 g/mol. The van der Waals surface area contributed by atoms with Crippen LogP contribution in [-0.4, -0.2) is 22.0 Å². The average Bonchev–Trinajstić information content (AvgIpc) is 2.49. The fourth-order valence-corrected chi connectivity index (χ4v) is 10.4. The molecule has 0 radical (unpaired) electrons. The third kappa shape index (κ3) is 1.82. The van der Waals surface area contributed by atoms with Crippen molar-refractivity contribution in [3.05, 3.63) is 0 Å². The predicted octanol–water partition coefficient (Wildman–Crippen LogP) is 5.08. The molecule has 2 heteroatoms. The van der Waals surface area contributed by atoms with Crippen LogP contribution in [0.3, 0.4) is 0 Å². The molecular formula is C18H28S2. The van der Waals surface area contributed by atoms with Gasteiger partial charge >= 0.3 is 0 Å². The molecule has 4 unspecified atom stereocenters. The Morgan fingerprint density at radius 1 is 0.500 bits per heavy atom. The van der Waals surface area contributed by atoms with E-state index in [2.05, 4.69) is 23.5 Å². The summed E-state index contributed by atoms with van der Waals surface area (Å²) in [5, 5.41) is 2.14. The Balaban J connectivity index is 1.42. The lowest BCUT2D eigenvalue weighted by Crippen LogP contribution is -2.62. The van der Waals surface area contributed by atoms with Crippen molar-refractivity contribution in [2.24, 2.45) is 35.5 Å². The van der Waals surface area contributed by atoms with E-state index in [0.29, 0.717) is 0 Å². The summed E-state index contributed by atoms with van der Waals surface area (Å²) < 4.78 is 0. The molecule has 5 rings (SSSR count). The van der Waals surface area contributed by atoms with E-state index >= 15 is 0 Å². The van der Waals surface area contributed by atoms with E-state index < -0.39 is 0 Å². The Morgan fingerprint density at radius 3 is 1.45 bits per heavy atom. The number of hydrogen-bond acceptors (Lipinski definition) is 2. The summed E-state index contributed by atoms with van der Waals surface area (Å²) >= 11 is 4.77. The minimum absolute atomic E-state index is 1.07. The molecule has 2 heterocycles. The fourth-order valence-electron chi connectivity index (χ4n) is 6.69. The van der Waals surface area contributed by atoms with Crippen LogP contribution in [0, 0.1) is 35.5 Å². The molecule has 0 aromatic rings. The van der Waals surface area contributed by atoms with Gasteiger partial charge in [-0.05, 0) is 72.7 Å². The van der Waals surface area contributed by atoms with Crippen molar-refractivity contribution in [1.29, 1.82) is 0 Å². The van der Waals surface area contributed by atoms with Crippen molar-refractivity contribution < 1.29 is 0 Å². The Hall–Kier alpha value is 0.700. The van der Waals surface area contributed by atoms with E-state index in [0.717, 1.165) is 34.2 Å². The quantitative estimate of drug-likeness (QED) is 0.612. The van der Waals surface area contributed by atoms with Crippen LogP contribution in [-0.2, 0) is 0 Å². The van der Waals surface area contributed by atoms with Gasteiger partial charge in [-0.25, -0.2) is 0 Å². The van der Waals surface area contributed by atoms with E-state index in [9.17, 15) is 0 Å². The first-order valence-electron chi connectivity index (χ1n) is 9.16. The van der Waals surface area contributed by atoms with E-state index in [1.165, 1.54) is 36.2 Å². The summed E-state index contributed by atoms with van der Waals surface area (Å²) in [4.78, 5) is 0. The van der Waals surface area contributed by atoms with Gasteiger partial charge in [-0.2, -0.15) is 23.5 Å². The summed E-state index contributed by atoms with van der Waals surface area (Å²) in [6, 6.07) is 0. The third-order valence-electron chi connectivity index (χ3n) is 7.48. The zero-order chi connectivity index (χ0) is 13.1. The van der Waals surface area contributed by atoms with Crippen molar-refractivity contribution in [1.82, 2.24) is 0 Å². The Labute approximate surface area is 132 Å². The lowest BCUT2D eigenvalue weighted by Gasteiger charge is -2.66. The Bertz CT molecular complexity index is 346. The first-order valence-corrected chi connectivity index (χ1v) is 11.3. The zero-order valence-electron chi connectivity index (χ0n) is 12.5. The van der Waals surface area contributed by atoms with Crippen molar-refractivity contribution in [3.8, 4) is 0 Å². The standard InChI is InChI=1S/C18H28S2/c1-3-7-15-11(5-1)17-13(9-19-15)14-10-20-16-8-4-2-6-12(16)18(14)17/h11-18H,1-10H2/t11?,12?,13-,14-,15?,16?,17-,18-/m1/s1. The highest BCUT2D eigenvalue weighted by molar-refractivity contribution is 8.00. The van der Waals surface area contributed by atoms with Gasteiger partial charge in [-0.15, -0.1) is 0 Å². The predicted molar refractivity (Wildman–Crippen MR) is 90.4 cm³/mol. The Morgan fingerprint density at radius 2 is 0.950 bits per heavy atom. The molecule has 8 atom stereocenters. The SMILES string of the molecule is C1CCC2C(C1)SC[C@@H]1[C@H]3CSC4CCCCC4[C@H]3[C@H]21. The molecule has 0 amide bonds. The van der Waals surface area contributed by atoms with Crippen LogP contribution >= 0.6 is 23.5 Å². The second-order valence-electron chi connectivity index (χ2n) is 8.12. The van der Waals surface area contributed by atoms with Gasteiger partial charge in [0.2, 0.25) is 0 Å². The van der Waals surface area contributed by atoms with E-state index in [1.54, 1.807) is 38.5 Å². The fraction of sp³-hybridized carbons (Fsp3) is 1.00. The van der Waals surface area contributed by atoms with Crippen LogP contribution in [0.1, 0.15) is 51.4 Å². The molecule has 0 bridgehead atoms. The smallest absolute Gasteiger partial charge is 0.00782 e. The van der Waals surface area contributed by atoms with Crippen LogP contribution in [0.15, 0.2) is 0 Å². The summed E-state index contributed by atoms with van der Waals surface area (Å²) in [5.74, 6) is 9.98. The summed E-state index contributed by atoms with van der Waals surface area (Å²) in [5.41, 5.74) is 0. The maximum atomic E-state index is 2.39. The van der Waals surface area contributed by atoms with Gasteiger partial charge in [-0.1, -0.05) is 25.7 Å². The highest BCUT2D eigenvalue weighted by atomic mass is 32.2. The van der Waals surface area contributed by atoms with Crippen molar-refractivity contribution >= 4 is 23.5 Å². The van der Waals surface area contributed by atoms with Crippen LogP contribution < -0.4 is 0 Å². The molecule has 5 fully saturated rings. The van der Waals surface area contributed by atoms with Crippen LogP contribution in [0.4, 0.5) is 0 Å². The molecule has 0 aromatic heterocycles. The van der Waals surface area contributed by atoms with Gasteiger partial charge in [0, 0.05) is 10.5 Å². The summed E-state index contributed by atoms with van der Waals surface area (Å²) in [7, 11) is 0. The number of hydrogen-bond donors (Lipinski definition) is 0. The Kier molecular flexibility index (Phi) is 3.37. The summed E-state index contributed by atoms with van der Waals surface area (Å²) in [6.07, 6.45) is 12.4. The summed E-state index contributed by atoms with van der Waals surface area (Å²) in [6.45, 7) is 0. The molecule has 5 aliphatic rings. The zero-order valence-corrected chi connectivity index (χ0v) is 14.1. The molecule has 112 valence electrons. The highest BCUT2D eigenvalue weighted by Gasteiger charge is 2.61. The normalized spacial score (nSPS) is 57.6. The molecule has 2 aliphatic heterocycles. The first kappa shape index (κ1) is 13.2. The molecule has 2 saturated heterocycles. The van der Waals surface area contributed by atoms with Gasteiger partial charge in [0.1, 0.15) is 0 Å². The third-order valence-corrected chi connectivity index (χ3v) is 10.7. The van der Waals surface area contributed by atoms with Crippen LogP contribution in [0.25, 0.3) is 0 Å². The molecule has 0 nitrogen and oxygen atoms in total. The molecule has 0 aromatic carbocycles. The minimum atomic E-state index is 1.07. The first-order chi connectivity index (χ1) is 9.93. The molecule has 0 N–H and O–H groups in total. The van der Waals surface area contributed by atoms with Crippen molar-refractivity contribution in [3.63, 3.8) is 0 Å². The largest absolute Gasteiger partial charge is 0.158 e. The molecule has 3 aliphatic carbocycles. The molecule has 0 spiro atoms. The van der Waals surface area contributed by atoms with Crippen LogP contribution in [0.2, 0.25) is 0 Å². The van der Waals surface area contributed by atoms with Crippen molar-refractivity contribution in [2.75, 3.05) is 11.5 Å². The number of fused-ring (bicyclic) bond motifs is 8. The lowest BCUT2D eigenvalue weighted by molar-refractivity contribution is -0.0916. The topological polar surface area (TPSA) is 0 Å². The van der Waals surface area contributed by atoms with Gasteiger partial charge < -0.3 is 0 Å². The maximum Gasteiger partial charge on any atom is 0.00782 e. The second kappa shape index (κ2) is 5.11. The maximum absolute atomic E-state index is 2.39. The second-order valence-corrected chi connectivity index (χ2v) is 10.7. The van der Waals surface area contributed by atoms with Gasteiger partial charge in [-0.3, -0.25) is 0 Å². The lowest BCUT2D eigenvalue weighted by atomic mass is 9.47. The van der Waals surface area contributed by atoms with Gasteiger partial charge in [0.15, 0.2) is 0 Å². The van der Waals surface area contributed by atoms with E-state index in [1.807, 2.05) is 0 Å². The number of thioether (sulfide) groups is 2. The number of rotatable bonds is 0. The van der Waals surface area contributed by atoms with Gasteiger partial charge in [0.05, 0.1) is 0 Å². The average molecular weight is 309 g/mol. The van der Waals surface area contributed by atoms with E-state index in [4.69, 9.17) is 0 Å². The molecular weight excluding hydrogens is 280 g/mol. The molecule has 3 saturated carbocycles. The van der Waals surface area contributed by atoms with Crippen molar-refractivity contribution in [2.45, 2.75) is 61.9 Å². The minimum Gasteiger partial charge on any atom is -0.158 e. The molecule has 20 heavy (non-hydrogen) atoms. The van der Waals surface area contributed by atoms with Gasteiger partial charge in [0.25, 0.3) is 0 Å². The van der Waals surface area contributed by atoms with E-state index in [-0.39, 0.29) is 0 Å². The van der Waals surface area contributed by atoms with Crippen LogP contribution in [0.5, 0.6) is 0 Å².